The van der Waals surface area contributed by atoms with Gasteiger partial charge in [0.15, 0.2) is 0 Å². The van der Waals surface area contributed by atoms with Crippen molar-refractivity contribution >= 4 is 46.4 Å². The number of hydrogen-bond acceptors (Lipinski definition) is 3. The van der Waals surface area contributed by atoms with E-state index in [1.165, 1.54) is 0 Å². The molecule has 0 aromatic heterocycles. The minimum absolute atomic E-state index is 0.00232. The maximum absolute atomic E-state index is 12.7. The third-order valence-corrected chi connectivity index (χ3v) is 4.88. The van der Waals surface area contributed by atoms with E-state index in [0.717, 1.165) is 25.9 Å². The molecule has 5 nitrogen and oxygen atoms in total. The van der Waals surface area contributed by atoms with E-state index >= 15 is 0 Å². The van der Waals surface area contributed by atoms with Crippen LogP contribution < -0.4 is 10.6 Å². The molecule has 0 heterocycles. The van der Waals surface area contributed by atoms with Crippen LogP contribution in [0.15, 0.2) is 42.5 Å². The van der Waals surface area contributed by atoms with Crippen LogP contribution in [-0.2, 0) is 4.79 Å². The minimum Gasteiger partial charge on any atom is -0.376 e. The van der Waals surface area contributed by atoms with Crippen molar-refractivity contribution in [3.63, 3.8) is 0 Å². The van der Waals surface area contributed by atoms with E-state index < -0.39 is 0 Å². The molecule has 0 spiro atoms. The molecule has 2 N–H and O–H groups in total. The van der Waals surface area contributed by atoms with Crippen molar-refractivity contribution in [3.8, 4) is 0 Å². The Morgan fingerprint density at radius 1 is 1.00 bits per heavy atom. The molecule has 0 atom stereocenters. The molecule has 2 rings (SSSR count). The molecule has 0 aliphatic carbocycles. The summed E-state index contributed by atoms with van der Waals surface area (Å²) in [5.74, 6) is -0.262. The van der Waals surface area contributed by atoms with Crippen LogP contribution in [0.4, 0.5) is 11.4 Å². The Morgan fingerprint density at radius 3 is 2.36 bits per heavy atom. The Hall–Kier alpha value is -2.24. The molecule has 0 saturated heterocycles. The van der Waals surface area contributed by atoms with E-state index in [4.69, 9.17) is 23.2 Å². The monoisotopic (exact) mass is 421 g/mol. The molecular weight excluding hydrogens is 397 g/mol. The van der Waals surface area contributed by atoms with E-state index in [2.05, 4.69) is 24.5 Å². The van der Waals surface area contributed by atoms with Crippen molar-refractivity contribution in [1.29, 1.82) is 0 Å². The lowest BCUT2D eigenvalue weighted by Gasteiger charge is -2.21. The summed E-state index contributed by atoms with van der Waals surface area (Å²) >= 11 is 12.0. The van der Waals surface area contributed by atoms with E-state index in [9.17, 15) is 9.59 Å². The third-order valence-electron chi connectivity index (χ3n) is 4.06. The number of nitrogens with one attached hydrogen (secondary N) is 2. The molecule has 0 fully saturated rings. The van der Waals surface area contributed by atoms with Gasteiger partial charge >= 0.3 is 0 Å². The molecule has 28 heavy (non-hydrogen) atoms. The lowest BCUT2D eigenvalue weighted by atomic mass is 10.1. The first-order chi connectivity index (χ1) is 13.5. The predicted molar refractivity (Wildman–Crippen MR) is 117 cm³/mol. The first-order valence-corrected chi connectivity index (χ1v) is 10.1. The first kappa shape index (κ1) is 22.1. The Kier molecular flexibility index (Phi) is 8.61. The number of halogens is 2. The van der Waals surface area contributed by atoms with E-state index in [-0.39, 0.29) is 18.4 Å². The fraction of sp³-hybridized carbons (Fsp3) is 0.333. The number of benzene rings is 2. The van der Waals surface area contributed by atoms with Gasteiger partial charge in [-0.1, -0.05) is 49.2 Å². The van der Waals surface area contributed by atoms with E-state index in [1.807, 2.05) is 11.0 Å². The van der Waals surface area contributed by atoms with Crippen molar-refractivity contribution in [3.05, 3.63) is 58.1 Å². The summed E-state index contributed by atoms with van der Waals surface area (Å²) in [6, 6.07) is 12.2. The molecule has 2 aromatic rings. The Balaban J connectivity index is 1.99. The van der Waals surface area contributed by atoms with Crippen molar-refractivity contribution in [1.82, 2.24) is 4.90 Å². The highest BCUT2D eigenvalue weighted by atomic mass is 35.5. The van der Waals surface area contributed by atoms with Crippen molar-refractivity contribution in [2.45, 2.75) is 26.7 Å². The number of carbonyl (C=O) groups is 2. The van der Waals surface area contributed by atoms with E-state index in [1.54, 1.807) is 36.4 Å². The lowest BCUT2D eigenvalue weighted by Crippen LogP contribution is -2.32. The molecule has 0 bridgehead atoms. The zero-order chi connectivity index (χ0) is 20.5. The molecular formula is C21H25Cl2N3O2. The van der Waals surface area contributed by atoms with Crippen LogP contribution in [0.3, 0.4) is 0 Å². The summed E-state index contributed by atoms with van der Waals surface area (Å²) in [6.45, 7) is 5.60. The third kappa shape index (κ3) is 6.14. The highest BCUT2D eigenvalue weighted by Gasteiger charge is 2.15. The second kappa shape index (κ2) is 10.9. The maximum Gasteiger partial charge on any atom is 0.253 e. The van der Waals surface area contributed by atoms with Crippen LogP contribution in [0.25, 0.3) is 0 Å². The van der Waals surface area contributed by atoms with Crippen LogP contribution in [-0.4, -0.2) is 36.3 Å². The fourth-order valence-corrected chi connectivity index (χ4v) is 3.12. The Bertz CT molecular complexity index is 821. The van der Waals surface area contributed by atoms with Crippen molar-refractivity contribution < 1.29 is 9.59 Å². The average molecular weight is 422 g/mol. The topological polar surface area (TPSA) is 61.4 Å². The zero-order valence-electron chi connectivity index (χ0n) is 16.1. The summed E-state index contributed by atoms with van der Waals surface area (Å²) < 4.78 is 0. The van der Waals surface area contributed by atoms with Crippen LogP contribution in [0.1, 0.15) is 37.0 Å². The predicted octanol–water partition coefficient (Wildman–Crippen LogP) is 5.31. The fourth-order valence-electron chi connectivity index (χ4n) is 2.78. The Morgan fingerprint density at radius 2 is 1.68 bits per heavy atom. The minimum atomic E-state index is -0.264. The van der Waals surface area contributed by atoms with Gasteiger partial charge in [-0.05, 0) is 43.2 Å². The summed E-state index contributed by atoms with van der Waals surface area (Å²) in [7, 11) is 0. The van der Waals surface area contributed by atoms with Crippen LogP contribution in [0.2, 0.25) is 10.0 Å². The van der Waals surface area contributed by atoms with Gasteiger partial charge in [0.05, 0.1) is 22.3 Å². The van der Waals surface area contributed by atoms with Gasteiger partial charge in [0.25, 0.3) is 5.91 Å². The van der Waals surface area contributed by atoms with Crippen LogP contribution in [0, 0.1) is 0 Å². The first-order valence-electron chi connectivity index (χ1n) is 9.33. The van der Waals surface area contributed by atoms with Gasteiger partial charge in [0.2, 0.25) is 5.91 Å². The van der Waals surface area contributed by atoms with Crippen molar-refractivity contribution in [2.24, 2.45) is 0 Å². The van der Waals surface area contributed by atoms with Gasteiger partial charge in [-0.25, -0.2) is 0 Å². The van der Waals surface area contributed by atoms with Gasteiger partial charge in [0.1, 0.15) is 0 Å². The van der Waals surface area contributed by atoms with Crippen LogP contribution in [0.5, 0.6) is 0 Å². The number of nitrogens with zero attached hydrogens (tertiary/aromatic N) is 1. The quantitative estimate of drug-likeness (QED) is 0.576. The molecule has 2 aromatic carbocycles. The van der Waals surface area contributed by atoms with Gasteiger partial charge in [-0.15, -0.1) is 0 Å². The molecule has 7 heteroatoms. The maximum atomic E-state index is 12.7. The smallest absolute Gasteiger partial charge is 0.253 e. The van der Waals surface area contributed by atoms with Gasteiger partial charge in [-0.2, -0.15) is 0 Å². The molecule has 150 valence electrons. The number of rotatable bonds is 9. The molecule has 0 aliphatic rings. The average Bonchev–Trinajstić information content (AvgIpc) is 2.69. The number of anilines is 2. The number of hydrogen-bond donors (Lipinski definition) is 2. The highest BCUT2D eigenvalue weighted by Crippen LogP contribution is 2.29. The van der Waals surface area contributed by atoms with Gasteiger partial charge in [-0.3, -0.25) is 9.59 Å². The second-order valence-corrected chi connectivity index (χ2v) is 7.16. The molecule has 0 unspecified atom stereocenters. The largest absolute Gasteiger partial charge is 0.376 e. The summed E-state index contributed by atoms with van der Waals surface area (Å²) in [4.78, 5) is 26.8. The highest BCUT2D eigenvalue weighted by molar-refractivity contribution is 6.44. The lowest BCUT2D eigenvalue weighted by molar-refractivity contribution is -0.114. The summed E-state index contributed by atoms with van der Waals surface area (Å²) in [5, 5.41) is 6.44. The molecule has 0 radical (unpaired) electrons. The molecule has 0 saturated carbocycles. The molecule has 2 amide bonds. The second-order valence-electron chi connectivity index (χ2n) is 6.38. The standard InChI is InChI=1S/C21H25Cl2N3O2/c1-3-11-26(12-4-2)21(28)15-7-5-8-16(13-15)24-14-19(27)25-18-10-6-9-17(22)20(18)23/h5-10,13,24H,3-4,11-12,14H2,1-2H3,(H,25,27). The Labute approximate surface area is 176 Å². The summed E-state index contributed by atoms with van der Waals surface area (Å²) in [5.41, 5.74) is 1.76. The zero-order valence-corrected chi connectivity index (χ0v) is 17.6. The number of carbonyl (C=O) groups excluding carboxylic acids is 2. The summed E-state index contributed by atoms with van der Waals surface area (Å²) in [6.07, 6.45) is 1.83. The molecule has 0 aliphatic heterocycles. The normalized spacial score (nSPS) is 10.4. The SMILES string of the molecule is CCCN(CCC)C(=O)c1cccc(NCC(=O)Nc2cccc(Cl)c2Cl)c1. The van der Waals surface area contributed by atoms with Crippen molar-refractivity contribution in [2.75, 3.05) is 30.3 Å². The van der Waals surface area contributed by atoms with Gasteiger partial charge < -0.3 is 15.5 Å². The number of amides is 2. The van der Waals surface area contributed by atoms with Gasteiger partial charge in [0, 0.05) is 24.3 Å². The van der Waals surface area contributed by atoms with Crippen LogP contribution >= 0.6 is 23.2 Å². The van der Waals surface area contributed by atoms with E-state index in [0.29, 0.717) is 27.0 Å².